The van der Waals surface area contributed by atoms with Crippen LogP contribution in [0.3, 0.4) is 0 Å². The first-order valence-electron chi connectivity index (χ1n) is 11.4. The third-order valence-electron chi connectivity index (χ3n) is 6.88. The molecule has 2 heterocycles. The van der Waals surface area contributed by atoms with Crippen LogP contribution in [0.15, 0.2) is 54.7 Å². The summed E-state index contributed by atoms with van der Waals surface area (Å²) in [6.07, 6.45) is 7.42. The molecule has 2 aliphatic rings. The van der Waals surface area contributed by atoms with Crippen molar-refractivity contribution in [1.82, 2.24) is 14.8 Å². The predicted octanol–water partition coefficient (Wildman–Crippen LogP) is 3.78. The summed E-state index contributed by atoms with van der Waals surface area (Å²) in [5.74, 6) is 2.00. The number of anilines is 1. The SMILES string of the molecule is CN(CCC(=O)N1CCN(c2ccccn2)CC1)C1CCC(c2ccccc2)CC1. The summed E-state index contributed by atoms with van der Waals surface area (Å²) in [5, 5.41) is 0. The molecule has 1 aromatic carbocycles. The molecule has 0 bridgehead atoms. The highest BCUT2D eigenvalue weighted by Gasteiger charge is 2.26. The molecule has 1 saturated carbocycles. The Hall–Kier alpha value is -2.40. The van der Waals surface area contributed by atoms with Crippen molar-refractivity contribution in [2.45, 2.75) is 44.1 Å². The molecule has 2 aromatic rings. The Balaban J connectivity index is 1.17. The minimum Gasteiger partial charge on any atom is -0.353 e. The number of hydrogen-bond acceptors (Lipinski definition) is 4. The smallest absolute Gasteiger partial charge is 0.223 e. The van der Waals surface area contributed by atoms with E-state index in [1.807, 2.05) is 29.3 Å². The Kier molecular flexibility index (Phi) is 7.00. The molecule has 0 radical (unpaired) electrons. The molecule has 1 saturated heterocycles. The fourth-order valence-corrected chi connectivity index (χ4v) is 4.91. The van der Waals surface area contributed by atoms with Gasteiger partial charge < -0.3 is 14.7 Å². The second kappa shape index (κ2) is 10.1. The molecule has 0 unspecified atom stereocenters. The lowest BCUT2D eigenvalue weighted by Crippen LogP contribution is -2.49. The number of piperazine rings is 1. The summed E-state index contributed by atoms with van der Waals surface area (Å²) in [6.45, 7) is 4.17. The van der Waals surface area contributed by atoms with Crippen LogP contribution in [0.1, 0.15) is 43.6 Å². The van der Waals surface area contributed by atoms with Crippen molar-refractivity contribution < 1.29 is 4.79 Å². The molecule has 1 aromatic heterocycles. The monoisotopic (exact) mass is 406 g/mol. The van der Waals surface area contributed by atoms with Crippen molar-refractivity contribution in [3.63, 3.8) is 0 Å². The number of amides is 1. The number of benzene rings is 1. The van der Waals surface area contributed by atoms with E-state index in [1.165, 1.54) is 31.2 Å². The summed E-state index contributed by atoms with van der Waals surface area (Å²) in [6, 6.07) is 17.5. The number of hydrogen-bond donors (Lipinski definition) is 0. The van der Waals surface area contributed by atoms with E-state index < -0.39 is 0 Å². The second-order valence-electron chi connectivity index (χ2n) is 8.70. The Labute approximate surface area is 180 Å². The van der Waals surface area contributed by atoms with E-state index in [-0.39, 0.29) is 0 Å². The van der Waals surface area contributed by atoms with Gasteiger partial charge in [0.05, 0.1) is 0 Å². The highest BCUT2D eigenvalue weighted by Crippen LogP contribution is 2.34. The molecule has 1 aliphatic heterocycles. The quantitative estimate of drug-likeness (QED) is 0.732. The van der Waals surface area contributed by atoms with Crippen molar-refractivity contribution in [1.29, 1.82) is 0 Å². The van der Waals surface area contributed by atoms with Gasteiger partial charge in [0.2, 0.25) is 5.91 Å². The van der Waals surface area contributed by atoms with E-state index in [1.54, 1.807) is 0 Å². The van der Waals surface area contributed by atoms with Crippen molar-refractivity contribution in [2.24, 2.45) is 0 Å². The zero-order chi connectivity index (χ0) is 20.8. The van der Waals surface area contributed by atoms with Gasteiger partial charge in [-0.3, -0.25) is 4.79 Å². The van der Waals surface area contributed by atoms with E-state index in [0.29, 0.717) is 24.3 Å². The topological polar surface area (TPSA) is 39.7 Å². The van der Waals surface area contributed by atoms with Crippen LogP contribution in [0.25, 0.3) is 0 Å². The molecule has 5 nitrogen and oxygen atoms in total. The van der Waals surface area contributed by atoms with Crippen LogP contribution in [-0.4, -0.2) is 66.5 Å². The van der Waals surface area contributed by atoms with Crippen LogP contribution in [0, 0.1) is 0 Å². The van der Waals surface area contributed by atoms with E-state index in [9.17, 15) is 4.79 Å². The summed E-state index contributed by atoms with van der Waals surface area (Å²) in [5.41, 5.74) is 1.48. The molecule has 1 aliphatic carbocycles. The third kappa shape index (κ3) is 5.20. The maximum absolute atomic E-state index is 12.7. The second-order valence-corrected chi connectivity index (χ2v) is 8.70. The number of pyridine rings is 1. The maximum atomic E-state index is 12.7. The van der Waals surface area contributed by atoms with Gasteiger partial charge in [0.1, 0.15) is 5.82 Å². The van der Waals surface area contributed by atoms with Gasteiger partial charge in [-0.25, -0.2) is 4.98 Å². The Morgan fingerprint density at radius 1 is 0.967 bits per heavy atom. The molecule has 1 amide bonds. The van der Waals surface area contributed by atoms with E-state index in [2.05, 4.69) is 52.2 Å². The van der Waals surface area contributed by atoms with Crippen LogP contribution in [0.2, 0.25) is 0 Å². The van der Waals surface area contributed by atoms with Gasteiger partial charge >= 0.3 is 0 Å². The van der Waals surface area contributed by atoms with Crippen molar-refractivity contribution in [2.75, 3.05) is 44.7 Å². The average Bonchev–Trinajstić information content (AvgIpc) is 2.83. The van der Waals surface area contributed by atoms with Gasteiger partial charge in [-0.15, -0.1) is 0 Å². The molecule has 5 heteroatoms. The highest BCUT2D eigenvalue weighted by molar-refractivity contribution is 5.76. The van der Waals surface area contributed by atoms with Crippen LogP contribution in [0.4, 0.5) is 5.82 Å². The standard InChI is InChI=1S/C25H34N4O/c1-27(23-12-10-22(11-13-23)21-7-3-2-4-8-21)16-14-25(30)29-19-17-28(18-20-29)24-9-5-6-15-26-24/h2-9,15,22-23H,10-14,16-20H2,1H3. The number of rotatable bonds is 6. The summed E-state index contributed by atoms with van der Waals surface area (Å²) < 4.78 is 0. The number of carbonyl (C=O) groups excluding carboxylic acids is 1. The van der Waals surface area contributed by atoms with Crippen LogP contribution >= 0.6 is 0 Å². The fraction of sp³-hybridized carbons (Fsp3) is 0.520. The van der Waals surface area contributed by atoms with Gasteiger partial charge in [-0.1, -0.05) is 36.4 Å². The molecule has 30 heavy (non-hydrogen) atoms. The highest BCUT2D eigenvalue weighted by atomic mass is 16.2. The molecule has 2 fully saturated rings. The van der Waals surface area contributed by atoms with E-state index in [4.69, 9.17) is 0 Å². The molecule has 0 N–H and O–H groups in total. The van der Waals surface area contributed by atoms with Crippen molar-refractivity contribution in [3.05, 3.63) is 60.3 Å². The van der Waals surface area contributed by atoms with Crippen LogP contribution in [0.5, 0.6) is 0 Å². The minimum absolute atomic E-state index is 0.292. The van der Waals surface area contributed by atoms with E-state index >= 15 is 0 Å². The Bertz CT molecular complexity index is 781. The lowest BCUT2D eigenvalue weighted by atomic mass is 9.81. The zero-order valence-corrected chi connectivity index (χ0v) is 18.1. The van der Waals surface area contributed by atoms with Crippen LogP contribution in [-0.2, 0) is 4.79 Å². The van der Waals surface area contributed by atoms with E-state index in [0.717, 1.165) is 38.5 Å². The predicted molar refractivity (Wildman–Crippen MR) is 122 cm³/mol. The molecule has 160 valence electrons. The third-order valence-corrected chi connectivity index (χ3v) is 6.88. The maximum Gasteiger partial charge on any atom is 0.223 e. The first-order valence-corrected chi connectivity index (χ1v) is 11.4. The summed E-state index contributed by atoms with van der Waals surface area (Å²) >= 11 is 0. The summed E-state index contributed by atoms with van der Waals surface area (Å²) in [4.78, 5) is 23.9. The number of aromatic nitrogens is 1. The normalized spacial score (nSPS) is 22.3. The van der Waals surface area contributed by atoms with Gasteiger partial charge in [0.15, 0.2) is 0 Å². The van der Waals surface area contributed by atoms with Gasteiger partial charge in [0, 0.05) is 51.4 Å². The first kappa shape index (κ1) is 20.9. The molecular weight excluding hydrogens is 372 g/mol. The molecular formula is C25H34N4O. The van der Waals surface area contributed by atoms with Crippen molar-refractivity contribution in [3.8, 4) is 0 Å². The van der Waals surface area contributed by atoms with Gasteiger partial charge in [-0.05, 0) is 56.3 Å². The van der Waals surface area contributed by atoms with Gasteiger partial charge in [-0.2, -0.15) is 0 Å². The molecule has 0 spiro atoms. The first-order chi connectivity index (χ1) is 14.7. The molecule has 4 rings (SSSR count). The van der Waals surface area contributed by atoms with Crippen molar-refractivity contribution >= 4 is 11.7 Å². The number of carbonyl (C=O) groups is 1. The van der Waals surface area contributed by atoms with Crippen LogP contribution < -0.4 is 4.90 Å². The largest absolute Gasteiger partial charge is 0.353 e. The molecule has 0 atom stereocenters. The summed E-state index contributed by atoms with van der Waals surface area (Å²) in [7, 11) is 2.19. The van der Waals surface area contributed by atoms with Gasteiger partial charge in [0.25, 0.3) is 0 Å². The number of nitrogens with zero attached hydrogens (tertiary/aromatic N) is 4. The lowest BCUT2D eigenvalue weighted by molar-refractivity contribution is -0.131. The Morgan fingerprint density at radius 3 is 2.33 bits per heavy atom. The lowest BCUT2D eigenvalue weighted by Gasteiger charge is -2.37. The average molecular weight is 407 g/mol. The Morgan fingerprint density at radius 2 is 1.67 bits per heavy atom. The fourth-order valence-electron chi connectivity index (χ4n) is 4.91. The minimum atomic E-state index is 0.292. The zero-order valence-electron chi connectivity index (χ0n) is 18.1.